The molecule has 1 aliphatic heterocycles. The largest absolute Gasteiger partial charge is 0.494 e. The van der Waals surface area contributed by atoms with Gasteiger partial charge in [-0.2, -0.15) is 0 Å². The van der Waals surface area contributed by atoms with Crippen LogP contribution >= 0.6 is 23.4 Å². The van der Waals surface area contributed by atoms with Gasteiger partial charge in [-0.05, 0) is 56.9 Å². The lowest BCUT2D eigenvalue weighted by atomic mass is 10.0. The van der Waals surface area contributed by atoms with E-state index in [4.69, 9.17) is 21.1 Å². The molecule has 2 atom stereocenters. The van der Waals surface area contributed by atoms with E-state index >= 15 is 0 Å². The molecule has 11 heteroatoms. The second-order valence-electron chi connectivity index (χ2n) is 9.05. The number of esters is 1. The molecule has 0 spiro atoms. The number of nitro groups is 1. The van der Waals surface area contributed by atoms with Gasteiger partial charge in [-0.15, -0.1) is 11.8 Å². The van der Waals surface area contributed by atoms with E-state index < -0.39 is 22.2 Å². The lowest BCUT2D eigenvalue weighted by Gasteiger charge is -2.28. The molecular weight excluding hydrogens is 542 g/mol. The number of hydrogen-bond acceptors (Lipinski definition) is 8. The van der Waals surface area contributed by atoms with E-state index in [1.165, 1.54) is 23.9 Å². The van der Waals surface area contributed by atoms with Crippen LogP contribution in [-0.4, -0.2) is 61.6 Å². The number of likely N-dealkylation sites (N-methyl/N-ethyl adjacent to an activating group) is 1. The molecule has 0 saturated carbocycles. The van der Waals surface area contributed by atoms with Crippen molar-refractivity contribution in [3.05, 3.63) is 93.0 Å². The Bertz CT molecular complexity index is 1370. The first-order valence-electron chi connectivity index (χ1n) is 12.3. The van der Waals surface area contributed by atoms with Gasteiger partial charge in [0.2, 0.25) is 0 Å². The van der Waals surface area contributed by atoms with E-state index in [1.54, 1.807) is 4.90 Å². The molecule has 0 aromatic heterocycles. The number of benzene rings is 3. The number of rotatable bonds is 9. The smallest absolute Gasteiger partial charge is 0.340 e. The molecule has 9 nitrogen and oxygen atoms in total. The highest BCUT2D eigenvalue weighted by Crippen LogP contribution is 2.47. The van der Waals surface area contributed by atoms with Gasteiger partial charge >= 0.3 is 5.97 Å². The Hall–Kier alpha value is -3.60. The molecule has 1 heterocycles. The second-order valence-corrected chi connectivity index (χ2v) is 10.6. The molecule has 0 saturated heterocycles. The van der Waals surface area contributed by atoms with E-state index in [9.17, 15) is 19.7 Å². The summed E-state index contributed by atoms with van der Waals surface area (Å²) < 4.78 is 11.5. The van der Waals surface area contributed by atoms with Crippen LogP contribution in [0.15, 0.2) is 71.6 Å². The third kappa shape index (κ3) is 6.52. The summed E-state index contributed by atoms with van der Waals surface area (Å²) in [6.45, 7) is 3.38. The lowest BCUT2D eigenvalue weighted by Crippen LogP contribution is -2.45. The van der Waals surface area contributed by atoms with Gasteiger partial charge in [0.1, 0.15) is 5.75 Å². The van der Waals surface area contributed by atoms with Crippen LogP contribution in [0.2, 0.25) is 5.02 Å². The number of halogens is 1. The predicted molar refractivity (Wildman–Crippen MR) is 151 cm³/mol. The van der Waals surface area contributed by atoms with Crippen LogP contribution in [0.4, 0.5) is 11.4 Å². The highest BCUT2D eigenvalue weighted by Gasteiger charge is 2.41. The summed E-state index contributed by atoms with van der Waals surface area (Å²) >= 11 is 7.65. The minimum absolute atomic E-state index is 0.0629. The lowest BCUT2D eigenvalue weighted by molar-refractivity contribution is -0.384. The maximum atomic E-state index is 14.1. The number of carbonyl (C=O) groups is 2. The van der Waals surface area contributed by atoms with Crippen LogP contribution in [0.3, 0.4) is 0 Å². The van der Waals surface area contributed by atoms with Crippen LogP contribution in [0, 0.1) is 10.1 Å². The Labute approximate surface area is 235 Å². The summed E-state index contributed by atoms with van der Waals surface area (Å²) in [6, 6.07) is 18.4. The van der Waals surface area contributed by atoms with Gasteiger partial charge in [0, 0.05) is 30.1 Å². The van der Waals surface area contributed by atoms with Crippen molar-refractivity contribution in [3.63, 3.8) is 0 Å². The van der Waals surface area contributed by atoms with Gasteiger partial charge in [-0.1, -0.05) is 35.9 Å². The second kappa shape index (κ2) is 12.5. The van der Waals surface area contributed by atoms with E-state index in [-0.39, 0.29) is 22.2 Å². The van der Waals surface area contributed by atoms with Crippen molar-refractivity contribution in [1.82, 2.24) is 4.90 Å². The van der Waals surface area contributed by atoms with Gasteiger partial charge in [-0.25, -0.2) is 4.79 Å². The fourth-order valence-corrected chi connectivity index (χ4v) is 5.72. The molecule has 0 radical (unpaired) electrons. The molecule has 0 unspecified atom stereocenters. The van der Waals surface area contributed by atoms with E-state index in [0.29, 0.717) is 25.4 Å². The molecule has 4 rings (SSSR count). The van der Waals surface area contributed by atoms with Crippen LogP contribution in [0.1, 0.15) is 28.1 Å². The zero-order valence-corrected chi connectivity index (χ0v) is 23.3. The molecular formula is C28H28ClN3O6S. The van der Waals surface area contributed by atoms with Gasteiger partial charge < -0.3 is 19.3 Å². The fraction of sp³-hybridized carbons (Fsp3) is 0.286. The third-order valence-corrected chi connectivity index (χ3v) is 7.79. The number of nitrogens with zero attached hydrogens (tertiary/aromatic N) is 3. The van der Waals surface area contributed by atoms with Crippen LogP contribution in [0.5, 0.6) is 5.75 Å². The van der Waals surface area contributed by atoms with E-state index in [1.807, 2.05) is 74.4 Å². The molecule has 1 amide bonds. The number of nitro benzene ring substituents is 1. The number of para-hydroxylation sites is 1. The fourth-order valence-electron chi connectivity index (χ4n) is 4.15. The van der Waals surface area contributed by atoms with Gasteiger partial charge in [-0.3, -0.25) is 14.9 Å². The Morgan fingerprint density at radius 3 is 2.49 bits per heavy atom. The van der Waals surface area contributed by atoms with Crippen LogP contribution in [-0.2, 0) is 9.53 Å². The molecule has 39 heavy (non-hydrogen) atoms. The topological polar surface area (TPSA) is 102 Å². The van der Waals surface area contributed by atoms with Gasteiger partial charge in [0.05, 0.1) is 33.1 Å². The van der Waals surface area contributed by atoms with E-state index in [2.05, 4.69) is 0 Å². The summed E-state index contributed by atoms with van der Waals surface area (Å²) in [5.41, 5.74) is 1.19. The van der Waals surface area contributed by atoms with Gasteiger partial charge in [0.15, 0.2) is 6.10 Å². The van der Waals surface area contributed by atoms with Crippen molar-refractivity contribution in [2.75, 3.05) is 38.7 Å². The molecule has 0 fully saturated rings. The van der Waals surface area contributed by atoms with Gasteiger partial charge in [0.25, 0.3) is 11.6 Å². The summed E-state index contributed by atoms with van der Waals surface area (Å²) in [6.07, 6.45) is -1.21. The van der Waals surface area contributed by atoms with Crippen molar-refractivity contribution in [2.45, 2.75) is 23.2 Å². The average Bonchev–Trinajstić information content (AvgIpc) is 3.02. The number of ether oxygens (including phenoxy) is 2. The summed E-state index contributed by atoms with van der Waals surface area (Å²) in [7, 11) is 3.83. The maximum Gasteiger partial charge on any atom is 0.340 e. The van der Waals surface area contributed by atoms with Crippen molar-refractivity contribution in [3.8, 4) is 5.75 Å². The molecule has 0 bridgehead atoms. The Kier molecular flexibility index (Phi) is 9.11. The maximum absolute atomic E-state index is 14.1. The first-order chi connectivity index (χ1) is 18.7. The Morgan fingerprint density at radius 2 is 1.85 bits per heavy atom. The van der Waals surface area contributed by atoms with E-state index in [0.717, 1.165) is 22.2 Å². The van der Waals surface area contributed by atoms with Crippen molar-refractivity contribution in [2.24, 2.45) is 0 Å². The SMILES string of the molecule is CCOc1ccc([C@H]2Sc3ccccc3N(CCN(C)C)C(=O)[C@H]2OC(=O)c2ccc([N+](=O)[O-])cc2Cl)cc1. The van der Waals surface area contributed by atoms with Crippen LogP contribution < -0.4 is 9.64 Å². The zero-order valence-electron chi connectivity index (χ0n) is 21.7. The number of fused-ring (bicyclic) bond motifs is 1. The highest BCUT2D eigenvalue weighted by atomic mass is 35.5. The quantitative estimate of drug-likeness (QED) is 0.186. The molecule has 0 aliphatic carbocycles. The predicted octanol–water partition coefficient (Wildman–Crippen LogP) is 5.61. The number of carbonyl (C=O) groups excluding carboxylic acids is 2. The molecule has 1 aliphatic rings. The number of anilines is 1. The third-order valence-electron chi connectivity index (χ3n) is 6.10. The molecule has 3 aromatic rings. The molecule has 0 N–H and O–H groups in total. The normalized spacial score (nSPS) is 16.9. The molecule has 3 aromatic carbocycles. The minimum atomic E-state index is -1.21. The van der Waals surface area contributed by atoms with Crippen molar-refractivity contribution < 1.29 is 24.0 Å². The zero-order chi connectivity index (χ0) is 28.1. The number of amides is 1. The van der Waals surface area contributed by atoms with Crippen molar-refractivity contribution in [1.29, 1.82) is 0 Å². The summed E-state index contributed by atoms with van der Waals surface area (Å²) in [5, 5.41) is 10.4. The average molecular weight is 570 g/mol. The van der Waals surface area contributed by atoms with Crippen LogP contribution in [0.25, 0.3) is 0 Å². The van der Waals surface area contributed by atoms with Crippen molar-refractivity contribution >= 4 is 46.6 Å². The first kappa shape index (κ1) is 28.4. The first-order valence-corrected chi connectivity index (χ1v) is 13.5. The summed E-state index contributed by atoms with van der Waals surface area (Å²) in [4.78, 5) is 42.5. The number of non-ortho nitro benzene ring substituents is 1. The number of hydrogen-bond donors (Lipinski definition) is 0. The monoisotopic (exact) mass is 569 g/mol. The highest BCUT2D eigenvalue weighted by molar-refractivity contribution is 7.99. The standard InChI is InChI=1S/C28H28ClN3O6S/c1-4-37-20-12-9-18(10-13-20)26-25(38-28(34)21-14-11-19(32(35)36)17-22(21)29)27(33)31(16-15-30(2)3)23-7-5-6-8-24(23)39-26/h5-14,17,25-26H,4,15-16H2,1-3H3/t25-,26+/m0/s1. The molecule has 204 valence electrons. The Morgan fingerprint density at radius 1 is 1.13 bits per heavy atom. The Balaban J connectivity index is 1.76. The minimum Gasteiger partial charge on any atom is -0.494 e. The number of thioether (sulfide) groups is 1. The summed E-state index contributed by atoms with van der Waals surface area (Å²) in [5.74, 6) is -0.534.